The molecule has 0 aromatic carbocycles. The Labute approximate surface area is 98.7 Å². The van der Waals surface area contributed by atoms with Crippen LogP contribution in [0.25, 0.3) is 0 Å². The van der Waals surface area contributed by atoms with E-state index < -0.39 is 0 Å². The number of hydrogen-bond acceptors (Lipinski definition) is 2. The van der Waals surface area contributed by atoms with Crippen molar-refractivity contribution in [1.29, 1.82) is 0 Å². The smallest absolute Gasteiger partial charge is 0.174 e. The molecule has 2 heteroatoms. The molecule has 2 aliphatic carbocycles. The minimum absolute atomic E-state index is 0.218. The lowest BCUT2D eigenvalue weighted by Crippen LogP contribution is -2.57. The number of fused-ring (bicyclic) bond motifs is 2. The van der Waals surface area contributed by atoms with Crippen molar-refractivity contribution in [2.45, 2.75) is 58.2 Å². The fourth-order valence-corrected chi connectivity index (χ4v) is 4.65. The first-order valence-corrected chi connectivity index (χ1v) is 6.96. The zero-order valence-corrected chi connectivity index (χ0v) is 10.6. The summed E-state index contributed by atoms with van der Waals surface area (Å²) < 4.78 is 12.2. The highest BCUT2D eigenvalue weighted by molar-refractivity contribution is 5.03. The molecule has 3 atom stereocenters. The van der Waals surface area contributed by atoms with Gasteiger partial charge in [-0.15, -0.1) is 0 Å². The number of ether oxygens (including phenoxy) is 2. The van der Waals surface area contributed by atoms with Crippen molar-refractivity contribution in [3.8, 4) is 0 Å². The summed E-state index contributed by atoms with van der Waals surface area (Å²) in [5.41, 5.74) is 0.277. The Morgan fingerprint density at radius 1 is 1.00 bits per heavy atom. The summed E-state index contributed by atoms with van der Waals surface area (Å²) in [4.78, 5) is 0. The van der Waals surface area contributed by atoms with Crippen molar-refractivity contribution in [2.24, 2.45) is 17.3 Å². The first-order valence-electron chi connectivity index (χ1n) is 6.96. The Kier molecular flexibility index (Phi) is 2.56. The van der Waals surface area contributed by atoms with Crippen molar-refractivity contribution in [2.75, 3.05) is 13.2 Å². The summed E-state index contributed by atoms with van der Waals surface area (Å²) in [7, 11) is 0. The lowest BCUT2D eigenvalue weighted by Gasteiger charge is -2.56. The van der Waals surface area contributed by atoms with E-state index in [1.54, 1.807) is 0 Å². The molecule has 3 aliphatic rings. The third-order valence-electron chi connectivity index (χ3n) is 5.51. The van der Waals surface area contributed by atoms with Crippen LogP contribution in [-0.4, -0.2) is 19.0 Å². The molecule has 0 unspecified atom stereocenters. The summed E-state index contributed by atoms with van der Waals surface area (Å²) in [6, 6.07) is 0. The Balaban J connectivity index is 1.95. The molecule has 2 saturated carbocycles. The van der Waals surface area contributed by atoms with Crippen molar-refractivity contribution >= 4 is 0 Å². The second-order valence-corrected chi connectivity index (χ2v) is 6.24. The first kappa shape index (κ1) is 11.0. The minimum atomic E-state index is -0.218. The van der Waals surface area contributed by atoms with Gasteiger partial charge in [-0.3, -0.25) is 0 Å². The van der Waals surface area contributed by atoms with Crippen LogP contribution in [0.15, 0.2) is 0 Å². The van der Waals surface area contributed by atoms with Crippen LogP contribution >= 0.6 is 0 Å². The van der Waals surface area contributed by atoms with Crippen LogP contribution in [0.2, 0.25) is 0 Å². The van der Waals surface area contributed by atoms with Gasteiger partial charge >= 0.3 is 0 Å². The molecule has 0 aromatic rings. The zero-order valence-electron chi connectivity index (χ0n) is 10.6. The molecule has 3 rings (SSSR count). The van der Waals surface area contributed by atoms with Crippen LogP contribution in [0.4, 0.5) is 0 Å². The molecule has 1 aliphatic heterocycles. The van der Waals surface area contributed by atoms with Gasteiger partial charge in [0.15, 0.2) is 5.79 Å². The normalized spacial score (nSPS) is 46.9. The lowest BCUT2D eigenvalue weighted by molar-refractivity contribution is -0.281. The third kappa shape index (κ3) is 1.32. The van der Waals surface area contributed by atoms with Crippen LogP contribution in [0.3, 0.4) is 0 Å². The highest BCUT2D eigenvalue weighted by Crippen LogP contribution is 2.59. The zero-order chi connectivity index (χ0) is 11.2. The minimum Gasteiger partial charge on any atom is -0.347 e. The van der Waals surface area contributed by atoms with Crippen LogP contribution in [0.5, 0.6) is 0 Å². The quantitative estimate of drug-likeness (QED) is 0.628. The van der Waals surface area contributed by atoms with Crippen LogP contribution in [0.1, 0.15) is 52.4 Å². The molecule has 3 fully saturated rings. The van der Waals surface area contributed by atoms with E-state index in [2.05, 4.69) is 13.8 Å². The molecule has 0 N–H and O–H groups in total. The van der Waals surface area contributed by atoms with Crippen LogP contribution in [-0.2, 0) is 9.47 Å². The van der Waals surface area contributed by atoms with Gasteiger partial charge in [-0.2, -0.15) is 0 Å². The number of rotatable bonds is 0. The molecule has 0 radical (unpaired) electrons. The molecular formula is C14H24O2. The van der Waals surface area contributed by atoms with Gasteiger partial charge in [0.2, 0.25) is 0 Å². The van der Waals surface area contributed by atoms with Crippen molar-refractivity contribution in [3.63, 3.8) is 0 Å². The standard InChI is InChI=1S/C14H24O2/c1-11-5-3-7-13(2)12(11)6-4-8-14(13)15-9-10-16-14/h11-12H,3-10H2,1-2H3/t11-,12+,13+/m0/s1. The van der Waals surface area contributed by atoms with Crippen molar-refractivity contribution in [1.82, 2.24) is 0 Å². The van der Waals surface area contributed by atoms with E-state index in [4.69, 9.17) is 9.47 Å². The van der Waals surface area contributed by atoms with E-state index >= 15 is 0 Å². The summed E-state index contributed by atoms with van der Waals surface area (Å²) in [5, 5.41) is 0. The molecule has 92 valence electrons. The van der Waals surface area contributed by atoms with Crippen LogP contribution in [0, 0.1) is 17.3 Å². The largest absolute Gasteiger partial charge is 0.347 e. The molecule has 1 heterocycles. The fourth-order valence-electron chi connectivity index (χ4n) is 4.65. The average Bonchev–Trinajstić information content (AvgIpc) is 2.72. The highest BCUT2D eigenvalue weighted by atomic mass is 16.7. The van der Waals surface area contributed by atoms with Gasteiger partial charge in [0.1, 0.15) is 0 Å². The fraction of sp³-hybridized carbons (Fsp3) is 1.00. The summed E-state index contributed by atoms with van der Waals surface area (Å²) in [5.74, 6) is 1.45. The SMILES string of the molecule is C[C@H]1CCC[C@]2(C)[C@@H]1CCCC21OCCO1. The predicted octanol–water partition coefficient (Wildman–Crippen LogP) is 3.36. The van der Waals surface area contributed by atoms with Gasteiger partial charge in [-0.25, -0.2) is 0 Å². The monoisotopic (exact) mass is 224 g/mol. The lowest BCUT2D eigenvalue weighted by atomic mass is 9.54. The van der Waals surface area contributed by atoms with Gasteiger partial charge in [0, 0.05) is 11.8 Å². The van der Waals surface area contributed by atoms with E-state index in [0.717, 1.165) is 31.5 Å². The van der Waals surface area contributed by atoms with Gasteiger partial charge in [0.25, 0.3) is 0 Å². The maximum Gasteiger partial charge on any atom is 0.174 e. The first-order chi connectivity index (χ1) is 7.68. The Morgan fingerprint density at radius 2 is 1.69 bits per heavy atom. The van der Waals surface area contributed by atoms with E-state index in [1.165, 1.54) is 32.1 Å². The van der Waals surface area contributed by atoms with Gasteiger partial charge < -0.3 is 9.47 Å². The summed E-state index contributed by atoms with van der Waals surface area (Å²) in [6.07, 6.45) is 7.82. The Bertz CT molecular complexity index is 270. The summed E-state index contributed by atoms with van der Waals surface area (Å²) in [6.45, 7) is 6.46. The van der Waals surface area contributed by atoms with E-state index in [1.807, 2.05) is 0 Å². The maximum absolute atomic E-state index is 6.08. The molecule has 0 amide bonds. The van der Waals surface area contributed by atoms with E-state index in [9.17, 15) is 0 Å². The molecule has 1 spiro atoms. The molecule has 2 nitrogen and oxygen atoms in total. The molecule has 16 heavy (non-hydrogen) atoms. The van der Waals surface area contributed by atoms with Crippen molar-refractivity contribution in [3.05, 3.63) is 0 Å². The molecule has 0 aromatic heterocycles. The average molecular weight is 224 g/mol. The van der Waals surface area contributed by atoms with Gasteiger partial charge in [-0.1, -0.05) is 26.7 Å². The second kappa shape index (κ2) is 3.71. The van der Waals surface area contributed by atoms with Gasteiger partial charge in [-0.05, 0) is 31.1 Å². The number of hydrogen-bond donors (Lipinski definition) is 0. The van der Waals surface area contributed by atoms with E-state index in [-0.39, 0.29) is 11.2 Å². The Hall–Kier alpha value is -0.0800. The molecule has 1 saturated heterocycles. The van der Waals surface area contributed by atoms with Gasteiger partial charge in [0.05, 0.1) is 13.2 Å². The van der Waals surface area contributed by atoms with E-state index in [0.29, 0.717) is 0 Å². The molecular weight excluding hydrogens is 200 g/mol. The second-order valence-electron chi connectivity index (χ2n) is 6.24. The van der Waals surface area contributed by atoms with Crippen molar-refractivity contribution < 1.29 is 9.47 Å². The topological polar surface area (TPSA) is 18.5 Å². The molecule has 0 bridgehead atoms. The van der Waals surface area contributed by atoms with Crippen LogP contribution < -0.4 is 0 Å². The Morgan fingerprint density at radius 3 is 2.44 bits per heavy atom. The third-order valence-corrected chi connectivity index (χ3v) is 5.51. The predicted molar refractivity (Wildman–Crippen MR) is 63.1 cm³/mol. The summed E-state index contributed by atoms with van der Waals surface area (Å²) >= 11 is 0. The highest BCUT2D eigenvalue weighted by Gasteiger charge is 2.60. The maximum atomic E-state index is 6.08.